The summed E-state index contributed by atoms with van der Waals surface area (Å²) in [5.74, 6) is -0.368. The normalized spacial score (nSPS) is 10.6. The lowest BCUT2D eigenvalue weighted by atomic mass is 10.2. The van der Waals surface area contributed by atoms with Gasteiger partial charge in [0.1, 0.15) is 0 Å². The molecule has 0 spiro atoms. The number of hydrogen-bond acceptors (Lipinski definition) is 3. The van der Waals surface area contributed by atoms with Crippen molar-refractivity contribution in [2.24, 2.45) is 7.05 Å². The standard InChI is InChI=1S/C19H25N3O3/c1-5-25-18(23)15-8-10-16(11-9-15)20-19(24)22(14(2)3)13-17-7-6-12-21(17)4/h6-12,14H,5,13H2,1-4H3,(H,20,24). The topological polar surface area (TPSA) is 63.6 Å². The van der Waals surface area contributed by atoms with Crippen molar-refractivity contribution >= 4 is 17.7 Å². The molecule has 0 saturated heterocycles. The summed E-state index contributed by atoms with van der Waals surface area (Å²) in [5, 5.41) is 2.88. The van der Waals surface area contributed by atoms with Crippen LogP contribution in [-0.4, -0.2) is 34.1 Å². The second kappa shape index (κ2) is 8.37. The SMILES string of the molecule is CCOC(=O)c1ccc(NC(=O)N(Cc2cccn2C)C(C)C)cc1. The fraction of sp³-hybridized carbons (Fsp3) is 0.368. The monoisotopic (exact) mass is 343 g/mol. The number of esters is 1. The molecule has 1 aromatic heterocycles. The second-order valence-electron chi connectivity index (χ2n) is 6.06. The molecule has 0 unspecified atom stereocenters. The average Bonchev–Trinajstić information content (AvgIpc) is 2.98. The van der Waals surface area contributed by atoms with Gasteiger partial charge in [-0.15, -0.1) is 0 Å². The zero-order valence-electron chi connectivity index (χ0n) is 15.2. The van der Waals surface area contributed by atoms with Crippen LogP contribution < -0.4 is 5.32 Å². The van der Waals surface area contributed by atoms with Crippen molar-refractivity contribution in [2.45, 2.75) is 33.4 Å². The third-order valence-electron chi connectivity index (χ3n) is 3.92. The Kier molecular flexibility index (Phi) is 6.22. The highest BCUT2D eigenvalue weighted by atomic mass is 16.5. The molecule has 2 aromatic rings. The maximum Gasteiger partial charge on any atom is 0.338 e. The highest BCUT2D eigenvalue weighted by Crippen LogP contribution is 2.14. The Morgan fingerprint density at radius 3 is 2.40 bits per heavy atom. The fourth-order valence-electron chi connectivity index (χ4n) is 2.42. The van der Waals surface area contributed by atoms with Crippen LogP contribution in [0.2, 0.25) is 0 Å². The molecule has 1 heterocycles. The number of anilines is 1. The van der Waals surface area contributed by atoms with Crippen LogP contribution in [0.15, 0.2) is 42.6 Å². The minimum atomic E-state index is -0.368. The third-order valence-corrected chi connectivity index (χ3v) is 3.92. The van der Waals surface area contributed by atoms with Gasteiger partial charge in [0.2, 0.25) is 0 Å². The molecule has 6 nitrogen and oxygen atoms in total. The van der Waals surface area contributed by atoms with E-state index in [9.17, 15) is 9.59 Å². The third kappa shape index (κ3) is 4.86. The van der Waals surface area contributed by atoms with Gasteiger partial charge in [0.05, 0.1) is 18.7 Å². The Bertz CT molecular complexity index is 720. The number of carbonyl (C=O) groups is 2. The van der Waals surface area contributed by atoms with Crippen molar-refractivity contribution in [3.05, 3.63) is 53.9 Å². The first kappa shape index (κ1) is 18.6. The quantitative estimate of drug-likeness (QED) is 0.815. The Labute approximate surface area is 148 Å². The fourth-order valence-corrected chi connectivity index (χ4v) is 2.42. The van der Waals surface area contributed by atoms with E-state index in [2.05, 4.69) is 5.32 Å². The number of nitrogens with zero attached hydrogens (tertiary/aromatic N) is 2. The number of benzene rings is 1. The van der Waals surface area contributed by atoms with Gasteiger partial charge in [-0.05, 0) is 57.2 Å². The number of ether oxygens (including phenoxy) is 1. The van der Waals surface area contributed by atoms with E-state index in [1.807, 2.05) is 43.8 Å². The van der Waals surface area contributed by atoms with Crippen LogP contribution in [0.3, 0.4) is 0 Å². The van der Waals surface area contributed by atoms with E-state index in [-0.39, 0.29) is 18.0 Å². The van der Waals surface area contributed by atoms with E-state index >= 15 is 0 Å². The van der Waals surface area contributed by atoms with Gasteiger partial charge in [-0.1, -0.05) is 0 Å². The first-order valence-corrected chi connectivity index (χ1v) is 8.37. The van der Waals surface area contributed by atoms with Crippen LogP contribution >= 0.6 is 0 Å². The zero-order chi connectivity index (χ0) is 18.4. The van der Waals surface area contributed by atoms with E-state index in [4.69, 9.17) is 4.74 Å². The Morgan fingerprint density at radius 1 is 1.20 bits per heavy atom. The first-order valence-electron chi connectivity index (χ1n) is 8.37. The molecular formula is C19H25N3O3. The van der Waals surface area contributed by atoms with Crippen LogP contribution in [0, 0.1) is 0 Å². The summed E-state index contributed by atoms with van der Waals surface area (Å²) in [7, 11) is 1.96. The molecule has 1 N–H and O–H groups in total. The van der Waals surface area contributed by atoms with Crippen molar-refractivity contribution in [2.75, 3.05) is 11.9 Å². The number of amides is 2. The summed E-state index contributed by atoms with van der Waals surface area (Å²) in [4.78, 5) is 26.1. The van der Waals surface area contributed by atoms with E-state index in [0.717, 1.165) is 5.69 Å². The number of aromatic nitrogens is 1. The summed E-state index contributed by atoms with van der Waals surface area (Å²) in [5.41, 5.74) is 2.15. The highest BCUT2D eigenvalue weighted by Gasteiger charge is 2.18. The lowest BCUT2D eigenvalue weighted by molar-refractivity contribution is 0.0526. The van der Waals surface area contributed by atoms with Crippen LogP contribution in [-0.2, 0) is 18.3 Å². The molecular weight excluding hydrogens is 318 g/mol. The van der Waals surface area contributed by atoms with Gasteiger partial charge in [-0.25, -0.2) is 9.59 Å². The summed E-state index contributed by atoms with van der Waals surface area (Å²) in [6, 6.07) is 10.5. The van der Waals surface area contributed by atoms with Crippen LogP contribution in [0.4, 0.5) is 10.5 Å². The molecule has 0 aliphatic carbocycles. The van der Waals surface area contributed by atoms with Gasteiger partial charge >= 0.3 is 12.0 Å². The number of urea groups is 1. The molecule has 2 rings (SSSR count). The number of hydrogen-bond donors (Lipinski definition) is 1. The second-order valence-corrected chi connectivity index (χ2v) is 6.06. The summed E-state index contributed by atoms with van der Waals surface area (Å²) >= 11 is 0. The molecule has 0 saturated carbocycles. The summed E-state index contributed by atoms with van der Waals surface area (Å²) < 4.78 is 6.95. The lowest BCUT2D eigenvalue weighted by Crippen LogP contribution is -2.39. The molecule has 0 aliphatic heterocycles. The first-order chi connectivity index (χ1) is 11.9. The molecule has 1 aromatic carbocycles. The van der Waals surface area contributed by atoms with Gasteiger partial charge in [0, 0.05) is 30.7 Å². The molecule has 2 amide bonds. The number of nitrogens with one attached hydrogen (secondary N) is 1. The van der Waals surface area contributed by atoms with Crippen molar-refractivity contribution in [1.29, 1.82) is 0 Å². The largest absolute Gasteiger partial charge is 0.462 e. The smallest absolute Gasteiger partial charge is 0.338 e. The molecule has 134 valence electrons. The number of carbonyl (C=O) groups excluding carboxylic acids is 2. The average molecular weight is 343 g/mol. The van der Waals surface area contributed by atoms with E-state index in [0.29, 0.717) is 24.4 Å². The van der Waals surface area contributed by atoms with Crippen molar-refractivity contribution < 1.29 is 14.3 Å². The maximum atomic E-state index is 12.6. The zero-order valence-corrected chi connectivity index (χ0v) is 15.2. The Hall–Kier alpha value is -2.76. The molecule has 0 bridgehead atoms. The number of rotatable bonds is 6. The van der Waals surface area contributed by atoms with Gasteiger partial charge in [-0.2, -0.15) is 0 Å². The predicted octanol–water partition coefficient (Wildman–Crippen LogP) is 3.64. The summed E-state index contributed by atoms with van der Waals surface area (Å²) in [6.07, 6.45) is 1.96. The van der Waals surface area contributed by atoms with Crippen molar-refractivity contribution in [3.63, 3.8) is 0 Å². The number of aryl methyl sites for hydroxylation is 1. The van der Waals surface area contributed by atoms with Gasteiger partial charge < -0.3 is 19.5 Å². The van der Waals surface area contributed by atoms with Gasteiger partial charge in [-0.3, -0.25) is 0 Å². The Balaban J connectivity index is 2.05. The molecule has 0 aliphatic rings. The van der Waals surface area contributed by atoms with E-state index in [1.54, 1.807) is 36.1 Å². The maximum absolute atomic E-state index is 12.6. The molecule has 6 heteroatoms. The predicted molar refractivity (Wildman–Crippen MR) is 97.5 cm³/mol. The van der Waals surface area contributed by atoms with Crippen molar-refractivity contribution in [3.8, 4) is 0 Å². The van der Waals surface area contributed by atoms with Gasteiger partial charge in [0.15, 0.2) is 0 Å². The van der Waals surface area contributed by atoms with E-state index in [1.165, 1.54) is 0 Å². The molecule has 25 heavy (non-hydrogen) atoms. The van der Waals surface area contributed by atoms with Crippen LogP contribution in [0.1, 0.15) is 36.8 Å². The minimum absolute atomic E-state index is 0.0497. The van der Waals surface area contributed by atoms with E-state index < -0.39 is 0 Å². The summed E-state index contributed by atoms with van der Waals surface area (Å²) in [6.45, 7) is 6.58. The van der Waals surface area contributed by atoms with Crippen LogP contribution in [0.25, 0.3) is 0 Å². The lowest BCUT2D eigenvalue weighted by Gasteiger charge is -2.27. The molecule has 0 atom stereocenters. The molecule has 0 fully saturated rings. The van der Waals surface area contributed by atoms with Crippen molar-refractivity contribution in [1.82, 2.24) is 9.47 Å². The molecule has 0 radical (unpaired) electrons. The Morgan fingerprint density at radius 2 is 1.88 bits per heavy atom. The highest BCUT2D eigenvalue weighted by molar-refractivity contribution is 5.92. The van der Waals surface area contributed by atoms with Crippen LogP contribution in [0.5, 0.6) is 0 Å². The minimum Gasteiger partial charge on any atom is -0.462 e. The van der Waals surface area contributed by atoms with Gasteiger partial charge in [0.25, 0.3) is 0 Å².